The highest BCUT2D eigenvalue weighted by Crippen LogP contribution is 2.22. The van der Waals surface area contributed by atoms with E-state index in [1.165, 1.54) is 0 Å². The lowest BCUT2D eigenvalue weighted by Crippen LogP contribution is -2.06. The molecule has 0 radical (unpaired) electrons. The predicted octanol–water partition coefficient (Wildman–Crippen LogP) is 4.49. The number of nitrogens with zero attached hydrogens (tertiary/aromatic N) is 2. The molecule has 3 aromatic rings. The standard InChI is InChI=1S/C16H10BrF2N3OS/c17-10-3-1-9(2-4-10)15-20-16(22-21-15)24-8-14(23)12-7-11(18)5-6-13(12)19/h1-7H,8H2,(H,20,21,22). The molecule has 0 aliphatic rings. The maximum Gasteiger partial charge on any atom is 0.209 e. The van der Waals surface area contributed by atoms with Crippen LogP contribution in [0.25, 0.3) is 11.4 Å². The number of ketones is 1. The summed E-state index contributed by atoms with van der Waals surface area (Å²) >= 11 is 4.41. The van der Waals surface area contributed by atoms with Gasteiger partial charge in [-0.2, -0.15) is 0 Å². The second kappa shape index (κ2) is 7.23. The zero-order valence-electron chi connectivity index (χ0n) is 12.1. The Morgan fingerprint density at radius 3 is 2.67 bits per heavy atom. The minimum absolute atomic E-state index is 0.0853. The Morgan fingerprint density at radius 2 is 1.92 bits per heavy atom. The van der Waals surface area contributed by atoms with Gasteiger partial charge in [0.25, 0.3) is 0 Å². The molecule has 4 nitrogen and oxygen atoms in total. The third kappa shape index (κ3) is 3.88. The van der Waals surface area contributed by atoms with E-state index in [1.54, 1.807) is 0 Å². The summed E-state index contributed by atoms with van der Waals surface area (Å²) in [4.78, 5) is 16.3. The number of hydrogen-bond acceptors (Lipinski definition) is 4. The average Bonchev–Trinajstić information content (AvgIpc) is 3.04. The van der Waals surface area contributed by atoms with Crippen LogP contribution >= 0.6 is 27.7 Å². The third-order valence-corrected chi connectivity index (χ3v) is 4.52. The van der Waals surface area contributed by atoms with E-state index in [9.17, 15) is 13.6 Å². The van der Waals surface area contributed by atoms with Crippen LogP contribution in [-0.4, -0.2) is 26.7 Å². The summed E-state index contributed by atoms with van der Waals surface area (Å²) < 4.78 is 27.6. The fourth-order valence-electron chi connectivity index (χ4n) is 1.97. The Balaban J connectivity index is 1.68. The first-order valence-electron chi connectivity index (χ1n) is 6.82. The Hall–Kier alpha value is -2.06. The Morgan fingerprint density at radius 1 is 1.17 bits per heavy atom. The number of carbonyl (C=O) groups excluding carboxylic acids is 1. The summed E-state index contributed by atoms with van der Waals surface area (Å²) in [6.45, 7) is 0. The van der Waals surface area contributed by atoms with Gasteiger partial charge in [-0.15, -0.1) is 5.10 Å². The fraction of sp³-hybridized carbons (Fsp3) is 0.0625. The summed E-state index contributed by atoms with van der Waals surface area (Å²) in [6.07, 6.45) is 0. The van der Waals surface area contributed by atoms with Crippen LogP contribution in [0.15, 0.2) is 52.1 Å². The molecule has 0 bridgehead atoms. The van der Waals surface area contributed by atoms with Gasteiger partial charge in [-0.1, -0.05) is 39.8 Å². The van der Waals surface area contributed by atoms with Gasteiger partial charge < -0.3 is 0 Å². The normalized spacial score (nSPS) is 10.8. The third-order valence-electron chi connectivity index (χ3n) is 3.14. The molecule has 0 amide bonds. The summed E-state index contributed by atoms with van der Waals surface area (Å²) in [5.41, 5.74) is 0.575. The van der Waals surface area contributed by atoms with Gasteiger partial charge in [-0.05, 0) is 30.3 Å². The number of aromatic nitrogens is 3. The first kappa shape index (κ1) is 16.8. The van der Waals surface area contributed by atoms with E-state index < -0.39 is 17.4 Å². The van der Waals surface area contributed by atoms with Crippen LogP contribution in [0.2, 0.25) is 0 Å². The molecule has 2 aromatic carbocycles. The molecule has 122 valence electrons. The number of benzene rings is 2. The molecule has 3 rings (SSSR count). The Kier molecular flexibility index (Phi) is 5.06. The Labute approximate surface area is 148 Å². The van der Waals surface area contributed by atoms with Crippen molar-refractivity contribution in [3.05, 3.63) is 64.1 Å². The molecular formula is C16H10BrF2N3OS. The van der Waals surface area contributed by atoms with Crippen molar-refractivity contribution in [2.75, 3.05) is 5.75 Å². The lowest BCUT2D eigenvalue weighted by atomic mass is 10.1. The maximum atomic E-state index is 13.6. The molecule has 8 heteroatoms. The van der Waals surface area contributed by atoms with Crippen molar-refractivity contribution in [3.8, 4) is 11.4 Å². The van der Waals surface area contributed by atoms with Gasteiger partial charge in [0.1, 0.15) is 11.6 Å². The first-order valence-corrected chi connectivity index (χ1v) is 8.60. The first-order chi connectivity index (χ1) is 11.5. The van der Waals surface area contributed by atoms with Crippen molar-refractivity contribution in [3.63, 3.8) is 0 Å². The highest BCUT2D eigenvalue weighted by molar-refractivity contribution is 9.10. The molecule has 1 aromatic heterocycles. The molecule has 0 aliphatic carbocycles. The van der Waals surface area contributed by atoms with Crippen molar-refractivity contribution in [2.45, 2.75) is 5.16 Å². The largest absolute Gasteiger partial charge is 0.293 e. The topological polar surface area (TPSA) is 58.6 Å². The van der Waals surface area contributed by atoms with Gasteiger partial charge in [-0.3, -0.25) is 9.89 Å². The number of halogens is 3. The van der Waals surface area contributed by atoms with E-state index >= 15 is 0 Å². The molecule has 0 fully saturated rings. The lowest BCUT2D eigenvalue weighted by Gasteiger charge is -2.01. The molecule has 0 spiro atoms. The van der Waals surface area contributed by atoms with Crippen LogP contribution in [-0.2, 0) is 0 Å². The van der Waals surface area contributed by atoms with Gasteiger partial charge >= 0.3 is 0 Å². The maximum absolute atomic E-state index is 13.6. The summed E-state index contributed by atoms with van der Waals surface area (Å²) in [5.74, 6) is -1.44. The van der Waals surface area contributed by atoms with Crippen LogP contribution in [0.4, 0.5) is 8.78 Å². The number of rotatable bonds is 5. The molecule has 0 saturated heterocycles. The number of Topliss-reactive ketones (excluding diaryl/α,β-unsaturated/α-hetero) is 1. The molecule has 24 heavy (non-hydrogen) atoms. The Bertz CT molecular complexity index is 883. The van der Waals surface area contributed by atoms with Crippen molar-refractivity contribution in [2.24, 2.45) is 0 Å². The van der Waals surface area contributed by atoms with Crippen LogP contribution in [0.5, 0.6) is 0 Å². The number of hydrogen-bond donors (Lipinski definition) is 1. The number of nitrogens with one attached hydrogen (secondary N) is 1. The zero-order chi connectivity index (χ0) is 17.1. The van der Waals surface area contributed by atoms with Crippen molar-refractivity contribution in [1.82, 2.24) is 15.2 Å². The molecule has 0 aliphatic heterocycles. The summed E-state index contributed by atoms with van der Waals surface area (Å²) in [6, 6.07) is 10.3. The fourth-order valence-corrected chi connectivity index (χ4v) is 2.91. The summed E-state index contributed by atoms with van der Waals surface area (Å²) in [7, 11) is 0. The SMILES string of the molecule is O=C(CSc1n[nH]c(-c2ccc(Br)cc2)n1)c1cc(F)ccc1F. The number of thioether (sulfide) groups is 1. The van der Waals surface area contributed by atoms with E-state index in [0.29, 0.717) is 11.0 Å². The van der Waals surface area contributed by atoms with Crippen molar-refractivity contribution >= 4 is 33.5 Å². The van der Waals surface area contributed by atoms with Crippen LogP contribution in [0, 0.1) is 11.6 Å². The van der Waals surface area contributed by atoms with Gasteiger partial charge in [-0.25, -0.2) is 13.8 Å². The predicted molar refractivity (Wildman–Crippen MR) is 90.9 cm³/mol. The summed E-state index contributed by atoms with van der Waals surface area (Å²) in [5, 5.41) is 7.16. The van der Waals surface area contributed by atoms with E-state index in [0.717, 1.165) is 40.0 Å². The second-order valence-corrected chi connectivity index (χ2v) is 6.67. The highest BCUT2D eigenvalue weighted by Gasteiger charge is 2.15. The number of aromatic amines is 1. The van der Waals surface area contributed by atoms with E-state index in [-0.39, 0.29) is 11.3 Å². The molecule has 0 saturated carbocycles. The van der Waals surface area contributed by atoms with Crippen molar-refractivity contribution in [1.29, 1.82) is 0 Å². The second-order valence-electron chi connectivity index (χ2n) is 4.81. The van der Waals surface area contributed by atoms with E-state index in [1.807, 2.05) is 24.3 Å². The van der Waals surface area contributed by atoms with Gasteiger partial charge in [0, 0.05) is 10.0 Å². The zero-order valence-corrected chi connectivity index (χ0v) is 14.5. The molecule has 1 N–H and O–H groups in total. The highest BCUT2D eigenvalue weighted by atomic mass is 79.9. The molecule has 0 unspecified atom stereocenters. The number of H-pyrrole nitrogens is 1. The minimum atomic E-state index is -0.743. The van der Waals surface area contributed by atoms with Gasteiger partial charge in [0.05, 0.1) is 11.3 Å². The van der Waals surface area contributed by atoms with Crippen LogP contribution < -0.4 is 0 Å². The smallest absolute Gasteiger partial charge is 0.209 e. The van der Waals surface area contributed by atoms with Crippen LogP contribution in [0.3, 0.4) is 0 Å². The lowest BCUT2D eigenvalue weighted by molar-refractivity contribution is 0.101. The van der Waals surface area contributed by atoms with Crippen LogP contribution in [0.1, 0.15) is 10.4 Å². The number of carbonyl (C=O) groups is 1. The molecule has 1 heterocycles. The molecule has 0 atom stereocenters. The van der Waals surface area contributed by atoms with E-state index in [2.05, 4.69) is 31.1 Å². The minimum Gasteiger partial charge on any atom is -0.293 e. The average molecular weight is 410 g/mol. The van der Waals surface area contributed by atoms with Gasteiger partial charge in [0.2, 0.25) is 5.16 Å². The van der Waals surface area contributed by atoms with Crippen molar-refractivity contribution < 1.29 is 13.6 Å². The van der Waals surface area contributed by atoms with E-state index in [4.69, 9.17) is 0 Å². The molecular weight excluding hydrogens is 400 g/mol. The monoisotopic (exact) mass is 409 g/mol. The van der Waals surface area contributed by atoms with Gasteiger partial charge in [0.15, 0.2) is 11.6 Å². The quantitative estimate of drug-likeness (QED) is 0.498.